The number of amides is 1. The van der Waals surface area contributed by atoms with E-state index >= 15 is 0 Å². The number of hydrogen-bond acceptors (Lipinski definition) is 3. The van der Waals surface area contributed by atoms with E-state index in [1.54, 1.807) is 24.3 Å². The summed E-state index contributed by atoms with van der Waals surface area (Å²) in [5.41, 5.74) is 3.88. The van der Waals surface area contributed by atoms with Crippen molar-refractivity contribution in [2.75, 3.05) is 5.32 Å². The van der Waals surface area contributed by atoms with Crippen molar-refractivity contribution in [2.45, 2.75) is 6.42 Å². The molecule has 1 N–H and O–H groups in total. The predicted octanol–water partition coefficient (Wildman–Crippen LogP) is 5.32. The van der Waals surface area contributed by atoms with Crippen molar-refractivity contribution in [2.24, 2.45) is 0 Å². The third-order valence-corrected chi connectivity index (χ3v) is 4.23. The number of benzene rings is 3. The first-order valence-corrected chi connectivity index (χ1v) is 8.55. The molecule has 0 spiro atoms. The maximum absolute atomic E-state index is 12.2. The van der Waals surface area contributed by atoms with Gasteiger partial charge >= 0.3 is 0 Å². The van der Waals surface area contributed by atoms with Gasteiger partial charge in [0.1, 0.15) is 5.52 Å². The lowest BCUT2D eigenvalue weighted by Crippen LogP contribution is -2.11. The quantitative estimate of drug-likeness (QED) is 0.534. The average Bonchev–Trinajstić information content (AvgIpc) is 3.05. The highest BCUT2D eigenvalue weighted by atomic mass is 35.5. The normalized spacial score (nSPS) is 10.8. The molecule has 4 rings (SSSR count). The van der Waals surface area contributed by atoms with Gasteiger partial charge in [0.25, 0.3) is 5.91 Å². The molecule has 5 heteroatoms. The third-order valence-electron chi connectivity index (χ3n) is 4.00. The van der Waals surface area contributed by atoms with Gasteiger partial charge in [0.15, 0.2) is 11.5 Å². The summed E-state index contributed by atoms with van der Waals surface area (Å²) in [4.78, 5) is 16.6. The largest absolute Gasteiger partial charge is 0.440 e. The Hall–Kier alpha value is -3.11. The van der Waals surface area contributed by atoms with Crippen molar-refractivity contribution in [3.8, 4) is 0 Å². The number of aromatic nitrogens is 1. The van der Waals surface area contributed by atoms with Crippen LogP contribution in [0.3, 0.4) is 0 Å². The van der Waals surface area contributed by atoms with Crippen molar-refractivity contribution in [3.05, 3.63) is 94.8 Å². The Bertz CT molecular complexity index is 1060. The molecule has 0 fully saturated rings. The fourth-order valence-electron chi connectivity index (χ4n) is 2.70. The lowest BCUT2D eigenvalue weighted by Gasteiger charge is -2.06. The molecule has 0 bridgehead atoms. The van der Waals surface area contributed by atoms with Gasteiger partial charge in [-0.25, -0.2) is 4.98 Å². The van der Waals surface area contributed by atoms with Crippen LogP contribution in [-0.4, -0.2) is 10.9 Å². The van der Waals surface area contributed by atoms with Crippen LogP contribution in [0.1, 0.15) is 21.8 Å². The second kappa shape index (κ2) is 7.02. The maximum Gasteiger partial charge on any atom is 0.255 e. The minimum atomic E-state index is -0.130. The van der Waals surface area contributed by atoms with Gasteiger partial charge in [-0.2, -0.15) is 0 Å². The Morgan fingerprint density at radius 3 is 2.54 bits per heavy atom. The van der Waals surface area contributed by atoms with E-state index in [4.69, 9.17) is 16.0 Å². The SMILES string of the molecule is O=C(Nc1ccc(Cc2nc3cc(Cl)ccc3o2)cc1)c1ccccc1. The molecular weight excluding hydrogens is 348 g/mol. The summed E-state index contributed by atoms with van der Waals surface area (Å²) in [6.45, 7) is 0. The van der Waals surface area contributed by atoms with Gasteiger partial charge in [-0.3, -0.25) is 4.79 Å². The first kappa shape index (κ1) is 16.4. The molecule has 1 heterocycles. The molecule has 26 heavy (non-hydrogen) atoms. The molecule has 0 atom stereocenters. The van der Waals surface area contributed by atoms with E-state index in [1.807, 2.05) is 48.5 Å². The van der Waals surface area contributed by atoms with Gasteiger partial charge in [-0.05, 0) is 48.0 Å². The van der Waals surface area contributed by atoms with Crippen molar-refractivity contribution >= 4 is 34.3 Å². The van der Waals surface area contributed by atoms with Crippen LogP contribution in [0.5, 0.6) is 0 Å². The van der Waals surface area contributed by atoms with Gasteiger partial charge in [0, 0.05) is 22.7 Å². The van der Waals surface area contributed by atoms with E-state index in [1.165, 1.54) is 0 Å². The lowest BCUT2D eigenvalue weighted by atomic mass is 10.1. The van der Waals surface area contributed by atoms with Crippen molar-refractivity contribution in [1.82, 2.24) is 4.98 Å². The highest BCUT2D eigenvalue weighted by Gasteiger charge is 2.08. The first-order valence-electron chi connectivity index (χ1n) is 8.18. The Morgan fingerprint density at radius 1 is 1.00 bits per heavy atom. The number of nitrogens with one attached hydrogen (secondary N) is 1. The second-order valence-electron chi connectivity index (χ2n) is 5.91. The molecule has 1 aromatic heterocycles. The fraction of sp³-hybridized carbons (Fsp3) is 0.0476. The summed E-state index contributed by atoms with van der Waals surface area (Å²) in [5, 5.41) is 3.52. The molecule has 0 aliphatic rings. The molecule has 128 valence electrons. The summed E-state index contributed by atoms with van der Waals surface area (Å²) < 4.78 is 5.74. The van der Waals surface area contributed by atoms with Crippen LogP contribution < -0.4 is 5.32 Å². The van der Waals surface area contributed by atoms with E-state index in [0.717, 1.165) is 22.4 Å². The Labute approximate surface area is 155 Å². The molecule has 4 aromatic rings. The van der Waals surface area contributed by atoms with Gasteiger partial charge in [0.2, 0.25) is 0 Å². The summed E-state index contributed by atoms with van der Waals surface area (Å²) >= 11 is 5.98. The van der Waals surface area contributed by atoms with E-state index in [0.29, 0.717) is 22.9 Å². The van der Waals surface area contributed by atoms with Crippen LogP contribution in [0.25, 0.3) is 11.1 Å². The van der Waals surface area contributed by atoms with Crippen LogP contribution in [-0.2, 0) is 6.42 Å². The zero-order valence-corrected chi connectivity index (χ0v) is 14.5. The van der Waals surface area contributed by atoms with Crippen LogP contribution in [0, 0.1) is 0 Å². The van der Waals surface area contributed by atoms with Crippen LogP contribution >= 0.6 is 11.6 Å². The maximum atomic E-state index is 12.2. The monoisotopic (exact) mass is 362 g/mol. The topological polar surface area (TPSA) is 55.1 Å². The summed E-state index contributed by atoms with van der Waals surface area (Å²) in [6, 6.07) is 22.1. The summed E-state index contributed by atoms with van der Waals surface area (Å²) in [7, 11) is 0. The molecule has 3 aromatic carbocycles. The molecule has 1 amide bonds. The molecule has 4 nitrogen and oxygen atoms in total. The summed E-state index contributed by atoms with van der Waals surface area (Å²) in [5.74, 6) is 0.498. The van der Waals surface area contributed by atoms with Gasteiger partial charge in [-0.1, -0.05) is 41.9 Å². The molecule has 0 saturated carbocycles. The molecule has 0 saturated heterocycles. The minimum absolute atomic E-state index is 0.130. The van der Waals surface area contributed by atoms with Crippen molar-refractivity contribution < 1.29 is 9.21 Å². The van der Waals surface area contributed by atoms with Crippen LogP contribution in [0.4, 0.5) is 5.69 Å². The number of hydrogen-bond donors (Lipinski definition) is 1. The molecule has 0 aliphatic carbocycles. The first-order chi connectivity index (χ1) is 12.7. The molecule has 0 unspecified atom stereocenters. The van der Waals surface area contributed by atoms with E-state index in [2.05, 4.69) is 10.3 Å². The second-order valence-corrected chi connectivity index (χ2v) is 6.35. The summed E-state index contributed by atoms with van der Waals surface area (Å²) in [6.07, 6.45) is 0.569. The van der Waals surface area contributed by atoms with Crippen molar-refractivity contribution in [3.63, 3.8) is 0 Å². The van der Waals surface area contributed by atoms with Gasteiger partial charge in [-0.15, -0.1) is 0 Å². The molecule has 0 aliphatic heterocycles. The van der Waals surface area contributed by atoms with Gasteiger partial charge < -0.3 is 9.73 Å². The smallest absolute Gasteiger partial charge is 0.255 e. The minimum Gasteiger partial charge on any atom is -0.440 e. The highest BCUT2D eigenvalue weighted by Crippen LogP contribution is 2.22. The Balaban J connectivity index is 1.46. The molecule has 0 radical (unpaired) electrons. The zero-order valence-electron chi connectivity index (χ0n) is 13.8. The number of fused-ring (bicyclic) bond motifs is 1. The Kier molecular flexibility index (Phi) is 4.42. The number of nitrogens with zero attached hydrogens (tertiary/aromatic N) is 1. The zero-order chi connectivity index (χ0) is 17.9. The number of anilines is 1. The third kappa shape index (κ3) is 3.60. The number of oxazole rings is 1. The van der Waals surface area contributed by atoms with E-state index in [9.17, 15) is 4.79 Å². The number of carbonyl (C=O) groups excluding carboxylic acids is 1. The van der Waals surface area contributed by atoms with Crippen LogP contribution in [0.15, 0.2) is 77.2 Å². The molecular formula is C21H15ClN2O2. The number of rotatable bonds is 4. The highest BCUT2D eigenvalue weighted by molar-refractivity contribution is 6.31. The van der Waals surface area contributed by atoms with Crippen LogP contribution in [0.2, 0.25) is 5.02 Å². The van der Waals surface area contributed by atoms with E-state index < -0.39 is 0 Å². The Morgan fingerprint density at radius 2 is 1.77 bits per heavy atom. The van der Waals surface area contributed by atoms with E-state index in [-0.39, 0.29) is 5.91 Å². The predicted molar refractivity (Wildman–Crippen MR) is 103 cm³/mol. The number of halogens is 1. The number of carbonyl (C=O) groups is 1. The van der Waals surface area contributed by atoms with Crippen molar-refractivity contribution in [1.29, 1.82) is 0 Å². The fourth-order valence-corrected chi connectivity index (χ4v) is 2.86. The van der Waals surface area contributed by atoms with Gasteiger partial charge in [0.05, 0.1) is 0 Å². The average molecular weight is 363 g/mol. The lowest BCUT2D eigenvalue weighted by molar-refractivity contribution is 0.102. The standard InChI is InChI=1S/C21H15ClN2O2/c22-16-8-11-19-18(13-16)24-20(26-19)12-14-6-9-17(10-7-14)23-21(25)15-4-2-1-3-5-15/h1-11,13H,12H2,(H,23,25).